The lowest BCUT2D eigenvalue weighted by Gasteiger charge is -2.26. The van der Waals surface area contributed by atoms with E-state index < -0.39 is 0 Å². The molecule has 1 aromatic carbocycles. The number of likely N-dealkylation sites (N-methyl/N-ethyl adjacent to an activating group) is 1. The summed E-state index contributed by atoms with van der Waals surface area (Å²) in [6, 6.07) is 8.06. The van der Waals surface area contributed by atoms with Gasteiger partial charge in [0, 0.05) is 12.1 Å². The number of benzene rings is 1. The Kier molecular flexibility index (Phi) is 5.78. The zero-order valence-electron chi connectivity index (χ0n) is 12.9. The fraction of sp³-hybridized carbons (Fsp3) is 0.611. The highest BCUT2D eigenvalue weighted by Crippen LogP contribution is 2.24. The molecule has 0 amide bonds. The molecule has 1 aliphatic carbocycles. The largest absolute Gasteiger partial charge is 0.299 e. The summed E-state index contributed by atoms with van der Waals surface area (Å²) in [5, 5.41) is 0. The van der Waals surface area contributed by atoms with E-state index in [4.69, 9.17) is 0 Å². The van der Waals surface area contributed by atoms with Crippen LogP contribution in [0.25, 0.3) is 0 Å². The summed E-state index contributed by atoms with van der Waals surface area (Å²) < 4.78 is 0. The van der Waals surface area contributed by atoms with E-state index in [1.165, 1.54) is 37.7 Å². The first-order chi connectivity index (χ1) is 9.69. The molecular formula is C18H27NO. The minimum atomic E-state index is 0.242. The van der Waals surface area contributed by atoms with Crippen molar-refractivity contribution in [2.45, 2.75) is 45.4 Å². The van der Waals surface area contributed by atoms with Gasteiger partial charge >= 0.3 is 0 Å². The molecule has 0 saturated heterocycles. The molecule has 0 radical (unpaired) electrons. The fourth-order valence-electron chi connectivity index (χ4n) is 3.14. The van der Waals surface area contributed by atoms with E-state index in [0.717, 1.165) is 24.4 Å². The van der Waals surface area contributed by atoms with Gasteiger partial charge < -0.3 is 0 Å². The van der Waals surface area contributed by atoms with Crippen molar-refractivity contribution in [3.63, 3.8) is 0 Å². The molecule has 2 rings (SSSR count). The molecule has 0 spiro atoms. The van der Waals surface area contributed by atoms with Crippen molar-refractivity contribution in [3.8, 4) is 0 Å². The Morgan fingerprint density at radius 1 is 1.15 bits per heavy atom. The summed E-state index contributed by atoms with van der Waals surface area (Å²) in [5.41, 5.74) is 2.13. The molecule has 1 aromatic rings. The minimum Gasteiger partial charge on any atom is -0.299 e. The Balaban J connectivity index is 1.82. The number of ketones is 1. The van der Waals surface area contributed by atoms with Crippen molar-refractivity contribution >= 4 is 5.78 Å². The molecule has 0 aromatic heterocycles. The molecule has 0 heterocycles. The quantitative estimate of drug-likeness (QED) is 0.732. The first kappa shape index (κ1) is 15.2. The number of rotatable bonds is 6. The number of carbonyl (C=O) groups excluding carboxylic acids is 1. The van der Waals surface area contributed by atoms with E-state index in [1.54, 1.807) is 0 Å². The smallest absolute Gasteiger partial charge is 0.176 e. The van der Waals surface area contributed by atoms with E-state index in [-0.39, 0.29) is 5.78 Å². The molecule has 0 atom stereocenters. The second kappa shape index (κ2) is 7.58. The van der Waals surface area contributed by atoms with Crippen molar-refractivity contribution in [2.24, 2.45) is 5.92 Å². The molecule has 1 saturated carbocycles. The molecule has 20 heavy (non-hydrogen) atoms. The van der Waals surface area contributed by atoms with Crippen LogP contribution < -0.4 is 0 Å². The highest BCUT2D eigenvalue weighted by molar-refractivity contribution is 5.97. The van der Waals surface area contributed by atoms with Gasteiger partial charge in [-0.1, -0.05) is 50.5 Å². The van der Waals surface area contributed by atoms with Crippen LogP contribution in [0.15, 0.2) is 24.3 Å². The van der Waals surface area contributed by atoms with Gasteiger partial charge in [-0.05, 0) is 37.8 Å². The Morgan fingerprint density at radius 3 is 2.40 bits per heavy atom. The lowest BCUT2D eigenvalue weighted by Crippen LogP contribution is -2.31. The number of aryl methyl sites for hydroxylation is 1. The monoisotopic (exact) mass is 273 g/mol. The molecule has 0 unspecified atom stereocenters. The zero-order chi connectivity index (χ0) is 14.4. The van der Waals surface area contributed by atoms with Crippen LogP contribution >= 0.6 is 0 Å². The highest BCUT2D eigenvalue weighted by Gasteiger charge is 2.17. The predicted molar refractivity (Wildman–Crippen MR) is 84.2 cm³/mol. The van der Waals surface area contributed by atoms with Crippen LogP contribution in [0.5, 0.6) is 0 Å². The number of Topliss-reactive ketones (excluding diaryl/α,β-unsaturated/α-hetero) is 1. The van der Waals surface area contributed by atoms with E-state index in [9.17, 15) is 4.79 Å². The molecule has 0 aliphatic heterocycles. The second-order valence-corrected chi connectivity index (χ2v) is 6.17. The van der Waals surface area contributed by atoms with Crippen LogP contribution in [0, 0.1) is 5.92 Å². The zero-order valence-corrected chi connectivity index (χ0v) is 12.9. The second-order valence-electron chi connectivity index (χ2n) is 6.17. The molecule has 2 nitrogen and oxygen atoms in total. The van der Waals surface area contributed by atoms with Crippen molar-refractivity contribution < 1.29 is 4.79 Å². The molecule has 1 fully saturated rings. The standard InChI is InChI=1S/C18H27NO/c1-3-15-9-11-17(12-10-15)18(20)14-19(2)13-16-7-5-4-6-8-16/h9-12,16H,3-8,13-14H2,1-2H3. The van der Waals surface area contributed by atoms with Crippen LogP contribution in [-0.2, 0) is 6.42 Å². The van der Waals surface area contributed by atoms with Gasteiger partial charge in [0.1, 0.15) is 0 Å². The third-order valence-electron chi connectivity index (χ3n) is 4.39. The van der Waals surface area contributed by atoms with Gasteiger partial charge in [0.05, 0.1) is 6.54 Å². The summed E-state index contributed by atoms with van der Waals surface area (Å²) in [6.45, 7) is 3.75. The van der Waals surface area contributed by atoms with Crippen LogP contribution in [0.2, 0.25) is 0 Å². The topological polar surface area (TPSA) is 20.3 Å². The third-order valence-corrected chi connectivity index (χ3v) is 4.39. The van der Waals surface area contributed by atoms with Crippen molar-refractivity contribution in [1.29, 1.82) is 0 Å². The Morgan fingerprint density at radius 2 is 1.80 bits per heavy atom. The molecule has 0 N–H and O–H groups in total. The van der Waals surface area contributed by atoms with Gasteiger partial charge in [0.25, 0.3) is 0 Å². The third kappa shape index (κ3) is 4.45. The summed E-state index contributed by atoms with van der Waals surface area (Å²) in [7, 11) is 2.08. The number of carbonyl (C=O) groups is 1. The molecule has 2 heteroatoms. The van der Waals surface area contributed by atoms with Crippen molar-refractivity contribution in [3.05, 3.63) is 35.4 Å². The maximum absolute atomic E-state index is 12.3. The van der Waals surface area contributed by atoms with E-state index in [1.807, 2.05) is 12.1 Å². The first-order valence-corrected chi connectivity index (χ1v) is 7.99. The van der Waals surface area contributed by atoms with Crippen LogP contribution in [0.4, 0.5) is 0 Å². The number of hydrogen-bond donors (Lipinski definition) is 0. The molecular weight excluding hydrogens is 246 g/mol. The molecule has 0 bridgehead atoms. The Hall–Kier alpha value is -1.15. The summed E-state index contributed by atoms with van der Waals surface area (Å²) in [5.74, 6) is 1.04. The lowest BCUT2D eigenvalue weighted by atomic mass is 9.89. The molecule has 110 valence electrons. The summed E-state index contributed by atoms with van der Waals surface area (Å²) in [6.07, 6.45) is 7.82. The van der Waals surface area contributed by atoms with E-state index in [2.05, 4.69) is 31.0 Å². The van der Waals surface area contributed by atoms with Gasteiger partial charge in [-0.25, -0.2) is 0 Å². The van der Waals surface area contributed by atoms with Crippen molar-refractivity contribution in [2.75, 3.05) is 20.1 Å². The minimum absolute atomic E-state index is 0.242. The Bertz CT molecular complexity index is 418. The number of hydrogen-bond acceptors (Lipinski definition) is 2. The maximum Gasteiger partial charge on any atom is 0.176 e. The van der Waals surface area contributed by atoms with Gasteiger partial charge in [-0.15, -0.1) is 0 Å². The van der Waals surface area contributed by atoms with E-state index in [0.29, 0.717) is 6.54 Å². The van der Waals surface area contributed by atoms with Gasteiger partial charge in [-0.3, -0.25) is 9.69 Å². The summed E-state index contributed by atoms with van der Waals surface area (Å²) >= 11 is 0. The fourth-order valence-corrected chi connectivity index (χ4v) is 3.14. The molecule has 1 aliphatic rings. The van der Waals surface area contributed by atoms with E-state index >= 15 is 0 Å². The van der Waals surface area contributed by atoms with Crippen molar-refractivity contribution in [1.82, 2.24) is 4.90 Å². The Labute approximate surface area is 123 Å². The van der Waals surface area contributed by atoms with Crippen LogP contribution in [-0.4, -0.2) is 30.8 Å². The maximum atomic E-state index is 12.3. The average molecular weight is 273 g/mol. The van der Waals surface area contributed by atoms with Crippen LogP contribution in [0.3, 0.4) is 0 Å². The first-order valence-electron chi connectivity index (χ1n) is 7.99. The SMILES string of the molecule is CCc1ccc(C(=O)CN(C)CC2CCCCC2)cc1. The number of nitrogens with zero attached hydrogens (tertiary/aromatic N) is 1. The van der Waals surface area contributed by atoms with Gasteiger partial charge in [0.15, 0.2) is 5.78 Å². The summed E-state index contributed by atoms with van der Waals surface area (Å²) in [4.78, 5) is 14.5. The van der Waals surface area contributed by atoms with Gasteiger partial charge in [-0.2, -0.15) is 0 Å². The van der Waals surface area contributed by atoms with Gasteiger partial charge in [0.2, 0.25) is 0 Å². The lowest BCUT2D eigenvalue weighted by molar-refractivity contribution is 0.0932. The average Bonchev–Trinajstić information content (AvgIpc) is 2.48. The van der Waals surface area contributed by atoms with Crippen LogP contribution in [0.1, 0.15) is 54.9 Å². The predicted octanol–water partition coefficient (Wildman–Crippen LogP) is 3.94. The highest BCUT2D eigenvalue weighted by atomic mass is 16.1. The normalized spacial score (nSPS) is 16.6.